The van der Waals surface area contributed by atoms with Gasteiger partial charge in [0.05, 0.1) is 6.10 Å². The number of hydrogen-bond donors (Lipinski definition) is 2. The molecule has 0 aliphatic heterocycles. The molecule has 2 atom stereocenters. The van der Waals surface area contributed by atoms with Gasteiger partial charge in [-0.3, -0.25) is 0 Å². The van der Waals surface area contributed by atoms with E-state index in [1.165, 1.54) is 0 Å². The molecule has 92 valence electrons. The molecule has 0 bridgehead atoms. The Balaban J connectivity index is 0. The molecule has 4 nitrogen and oxygen atoms in total. The molecule has 0 saturated carbocycles. The maximum absolute atomic E-state index is 10.3. The summed E-state index contributed by atoms with van der Waals surface area (Å²) >= 11 is 0. The molecular weight excluding hydrogens is 194 g/mol. The van der Waals surface area contributed by atoms with Crippen molar-refractivity contribution in [1.82, 2.24) is 0 Å². The lowest BCUT2D eigenvalue weighted by molar-refractivity contribution is -0.382. The van der Waals surface area contributed by atoms with Crippen LogP contribution in [0.25, 0.3) is 0 Å². The summed E-state index contributed by atoms with van der Waals surface area (Å²) in [6.45, 7) is 6.27. The van der Waals surface area contributed by atoms with Crippen molar-refractivity contribution in [2.45, 2.75) is 52.6 Å². The van der Waals surface area contributed by atoms with Crippen LogP contribution in [-0.4, -0.2) is 23.7 Å². The van der Waals surface area contributed by atoms with Gasteiger partial charge in [-0.2, -0.15) is 0 Å². The zero-order valence-corrected chi connectivity index (χ0v) is 10.2. The van der Waals surface area contributed by atoms with Gasteiger partial charge in [-0.25, -0.2) is 0 Å². The van der Waals surface area contributed by atoms with Gasteiger partial charge < -0.3 is 20.7 Å². The normalized spacial score (nSPS) is 13.7. The van der Waals surface area contributed by atoms with E-state index >= 15 is 0 Å². The first-order valence-electron chi connectivity index (χ1n) is 5.67. The monoisotopic (exact) mass is 219 g/mol. The third kappa shape index (κ3) is 13.4. The van der Waals surface area contributed by atoms with Crippen LogP contribution in [0.2, 0.25) is 0 Å². The van der Waals surface area contributed by atoms with Crippen molar-refractivity contribution in [3.63, 3.8) is 0 Å². The number of carboxylic acids is 1. The molecule has 0 rings (SSSR count). The zero-order valence-electron chi connectivity index (χ0n) is 10.2. The van der Waals surface area contributed by atoms with E-state index in [4.69, 9.17) is 5.11 Å². The third-order valence-electron chi connectivity index (χ3n) is 2.15. The molecule has 0 aliphatic carbocycles. The second-order valence-corrected chi connectivity index (χ2v) is 3.70. The van der Waals surface area contributed by atoms with E-state index in [0.717, 1.165) is 19.3 Å². The van der Waals surface area contributed by atoms with Crippen LogP contribution in [0, 0.1) is 5.92 Å². The maximum atomic E-state index is 10.3. The summed E-state index contributed by atoms with van der Waals surface area (Å²) in [7, 11) is 0. The summed E-state index contributed by atoms with van der Waals surface area (Å²) in [5, 5.41) is 18.6. The summed E-state index contributed by atoms with van der Waals surface area (Å²) in [5.41, 5.74) is 3.44. The maximum Gasteiger partial charge on any atom is 0.100 e. The molecule has 0 saturated heterocycles. The minimum absolute atomic E-state index is 0.222. The molecule has 0 aromatic rings. The predicted octanol–water partition coefficient (Wildman–Crippen LogP) is -0.438. The number of carbonyl (C=O) groups is 1. The highest BCUT2D eigenvalue weighted by Gasteiger charge is 2.04. The fourth-order valence-electron chi connectivity index (χ4n) is 0.939. The number of aliphatic hydroxyl groups is 1. The van der Waals surface area contributed by atoms with Gasteiger partial charge in [0.15, 0.2) is 0 Å². The van der Waals surface area contributed by atoms with Crippen LogP contribution in [0.3, 0.4) is 0 Å². The number of carboxylic acid groups (broad SMARTS) is 1. The number of unbranched alkanes of at least 4 members (excludes halogenated alkanes) is 1. The molecule has 0 fully saturated rings. The molecular formula is C11H25NO3. The molecule has 15 heavy (non-hydrogen) atoms. The predicted molar refractivity (Wildman–Crippen MR) is 57.7 cm³/mol. The highest BCUT2D eigenvalue weighted by Crippen LogP contribution is 2.10. The van der Waals surface area contributed by atoms with Crippen molar-refractivity contribution in [3.05, 3.63) is 0 Å². The van der Waals surface area contributed by atoms with E-state index in [9.17, 15) is 9.90 Å². The van der Waals surface area contributed by atoms with Crippen molar-refractivity contribution in [2.75, 3.05) is 6.54 Å². The number of carbonyl (C=O) groups excluding carboxylic acids is 1. The van der Waals surface area contributed by atoms with E-state index in [-0.39, 0.29) is 12.0 Å². The van der Waals surface area contributed by atoms with Gasteiger partial charge in [-0.05, 0) is 25.7 Å². The third-order valence-corrected chi connectivity index (χ3v) is 2.15. The summed E-state index contributed by atoms with van der Waals surface area (Å²) in [6.07, 6.45) is 3.29. The van der Waals surface area contributed by atoms with Gasteiger partial charge in [-0.15, -0.1) is 0 Å². The van der Waals surface area contributed by atoms with Gasteiger partial charge in [0.1, 0.15) is 6.54 Å². The molecule has 0 amide bonds. The summed E-state index contributed by atoms with van der Waals surface area (Å²) < 4.78 is 0. The molecule has 0 aromatic heterocycles. The van der Waals surface area contributed by atoms with Crippen molar-refractivity contribution in [3.8, 4) is 0 Å². The minimum Gasteiger partial charge on any atom is -0.550 e. The number of quaternary nitrogens is 1. The first-order chi connectivity index (χ1) is 6.99. The Kier molecular flexibility index (Phi) is 12.8. The summed E-state index contributed by atoms with van der Waals surface area (Å²) in [6, 6.07) is 0. The first-order valence-corrected chi connectivity index (χ1v) is 5.67. The molecule has 0 heterocycles. The minimum atomic E-state index is -0.893. The van der Waals surface area contributed by atoms with E-state index < -0.39 is 5.97 Å². The first kappa shape index (κ1) is 16.8. The van der Waals surface area contributed by atoms with Crippen LogP contribution >= 0.6 is 0 Å². The highest BCUT2D eigenvalue weighted by atomic mass is 16.4. The fraction of sp³-hybridized carbons (Fsp3) is 0.909. The second-order valence-electron chi connectivity index (χ2n) is 3.70. The van der Waals surface area contributed by atoms with Crippen LogP contribution in [0.15, 0.2) is 0 Å². The lowest BCUT2D eigenvalue weighted by atomic mass is 10.00. The van der Waals surface area contributed by atoms with E-state index in [0.29, 0.717) is 13.0 Å². The number of rotatable bonds is 6. The van der Waals surface area contributed by atoms with E-state index in [2.05, 4.69) is 12.7 Å². The zero-order chi connectivity index (χ0) is 12.3. The van der Waals surface area contributed by atoms with E-state index in [1.54, 1.807) is 6.92 Å². The van der Waals surface area contributed by atoms with E-state index in [1.807, 2.05) is 6.92 Å². The van der Waals surface area contributed by atoms with Gasteiger partial charge >= 0.3 is 0 Å². The average molecular weight is 219 g/mol. The standard InChI is InChI=1S/C8H16O2.C3H9NO/c1-3-5-6-7(4-2)8(9)10;1-3(5)2-4/h7H,3-6H2,1-2H3,(H,9,10);3,5H,2,4H2,1H3. The van der Waals surface area contributed by atoms with Crippen LogP contribution in [0.5, 0.6) is 0 Å². The van der Waals surface area contributed by atoms with Gasteiger partial charge in [0.25, 0.3) is 0 Å². The Labute approximate surface area is 92.5 Å². The Morgan fingerprint density at radius 2 is 1.93 bits per heavy atom. The van der Waals surface area contributed by atoms with Crippen LogP contribution < -0.4 is 10.8 Å². The number of hydrogen-bond acceptors (Lipinski definition) is 3. The SMILES string of the molecule is CC(O)C[NH3+].CCCCC(CC)C(=O)[O-]. The molecule has 0 aromatic carbocycles. The largest absolute Gasteiger partial charge is 0.550 e. The lowest BCUT2D eigenvalue weighted by Crippen LogP contribution is -2.54. The number of aliphatic hydroxyl groups excluding tert-OH is 1. The Hall–Kier alpha value is -0.610. The molecule has 4 heteroatoms. The topological polar surface area (TPSA) is 88.0 Å². The molecule has 2 unspecified atom stereocenters. The fourth-order valence-corrected chi connectivity index (χ4v) is 0.939. The lowest BCUT2D eigenvalue weighted by Gasteiger charge is -2.14. The highest BCUT2D eigenvalue weighted by molar-refractivity contribution is 5.67. The molecule has 0 spiro atoms. The van der Waals surface area contributed by atoms with Crippen molar-refractivity contribution in [2.24, 2.45) is 5.92 Å². The van der Waals surface area contributed by atoms with Gasteiger partial charge in [0, 0.05) is 5.97 Å². The van der Waals surface area contributed by atoms with Crippen molar-refractivity contribution < 1.29 is 20.7 Å². The smallest absolute Gasteiger partial charge is 0.100 e. The van der Waals surface area contributed by atoms with Crippen molar-refractivity contribution >= 4 is 5.97 Å². The number of aliphatic carboxylic acids is 1. The Morgan fingerprint density at radius 3 is 2.13 bits per heavy atom. The van der Waals surface area contributed by atoms with Crippen LogP contribution in [-0.2, 0) is 4.79 Å². The molecule has 4 N–H and O–H groups in total. The summed E-state index contributed by atoms with van der Waals surface area (Å²) in [5.74, 6) is -1.11. The van der Waals surface area contributed by atoms with Gasteiger partial charge in [0.2, 0.25) is 0 Å². The molecule has 0 radical (unpaired) electrons. The summed E-state index contributed by atoms with van der Waals surface area (Å²) in [4.78, 5) is 10.3. The van der Waals surface area contributed by atoms with Crippen LogP contribution in [0.1, 0.15) is 46.5 Å². The van der Waals surface area contributed by atoms with Gasteiger partial charge in [-0.1, -0.05) is 26.7 Å². The van der Waals surface area contributed by atoms with Crippen LogP contribution in [0.4, 0.5) is 0 Å². The van der Waals surface area contributed by atoms with Crippen molar-refractivity contribution in [1.29, 1.82) is 0 Å². The molecule has 0 aliphatic rings. The second kappa shape index (κ2) is 11.5. The Morgan fingerprint density at radius 1 is 1.47 bits per heavy atom. The quantitative estimate of drug-likeness (QED) is 0.635. The Bertz CT molecular complexity index is 149. The average Bonchev–Trinajstić information content (AvgIpc) is 2.19.